The van der Waals surface area contributed by atoms with Crippen LogP contribution in [0.3, 0.4) is 0 Å². The molecule has 28 heavy (non-hydrogen) atoms. The fraction of sp³-hybridized carbons (Fsp3) is 0.192. The van der Waals surface area contributed by atoms with E-state index in [0.717, 1.165) is 38.9 Å². The van der Waals surface area contributed by atoms with Crippen molar-refractivity contribution in [1.29, 1.82) is 0 Å². The van der Waals surface area contributed by atoms with Crippen LogP contribution in [0, 0.1) is 13.8 Å². The van der Waals surface area contributed by atoms with E-state index in [2.05, 4.69) is 62.4 Å². The smallest absolute Gasteiger partial charge is 0.0846 e. The van der Waals surface area contributed by atoms with Crippen molar-refractivity contribution in [2.75, 3.05) is 0 Å². The van der Waals surface area contributed by atoms with Crippen LogP contribution in [0.1, 0.15) is 30.5 Å². The second-order valence-electron chi connectivity index (χ2n) is 8.05. The zero-order valence-corrected chi connectivity index (χ0v) is 16.8. The van der Waals surface area contributed by atoms with E-state index < -0.39 is 5.60 Å². The van der Waals surface area contributed by atoms with Gasteiger partial charge in [0.2, 0.25) is 0 Å². The number of rotatable bonds is 3. The first-order valence-corrected chi connectivity index (χ1v) is 9.63. The van der Waals surface area contributed by atoms with Crippen molar-refractivity contribution in [3.63, 3.8) is 0 Å². The number of hydrogen-bond acceptors (Lipinski definition) is 2. The molecule has 1 aromatic heterocycles. The van der Waals surface area contributed by atoms with Crippen LogP contribution < -0.4 is 0 Å². The van der Waals surface area contributed by atoms with Crippen molar-refractivity contribution in [2.24, 2.45) is 0 Å². The third-order valence-electron chi connectivity index (χ3n) is 5.13. The summed E-state index contributed by atoms with van der Waals surface area (Å²) in [7, 11) is 0. The van der Waals surface area contributed by atoms with E-state index in [0.29, 0.717) is 0 Å². The number of nitrogens with zero attached hydrogens (tertiary/aromatic N) is 1. The van der Waals surface area contributed by atoms with E-state index in [4.69, 9.17) is 4.98 Å². The summed E-state index contributed by atoms with van der Waals surface area (Å²) in [5.74, 6) is 0. The van der Waals surface area contributed by atoms with Crippen molar-refractivity contribution in [3.8, 4) is 22.4 Å². The van der Waals surface area contributed by atoms with E-state index in [9.17, 15) is 5.11 Å². The molecule has 2 nitrogen and oxygen atoms in total. The summed E-state index contributed by atoms with van der Waals surface area (Å²) in [4.78, 5) is 4.94. The van der Waals surface area contributed by atoms with E-state index in [1.165, 1.54) is 11.1 Å². The van der Waals surface area contributed by atoms with E-state index in [1.807, 2.05) is 38.1 Å². The molecule has 0 aliphatic carbocycles. The zero-order chi connectivity index (χ0) is 19.9. The molecular formula is C26H25NO. The number of benzene rings is 3. The standard InChI is InChI=1S/C26H25NO/c1-17-14-18(2)16-19(15-17)24-13-12-22-20(9-7-11-25(22)27-24)21-8-5-6-10-23(21)26(3,4)28/h5-16,28H,1-4H3. The molecule has 0 bridgehead atoms. The Morgan fingerprint density at radius 2 is 1.43 bits per heavy atom. The van der Waals surface area contributed by atoms with Crippen molar-refractivity contribution in [1.82, 2.24) is 4.98 Å². The average Bonchev–Trinajstić information content (AvgIpc) is 2.65. The lowest BCUT2D eigenvalue weighted by Gasteiger charge is -2.22. The van der Waals surface area contributed by atoms with Crippen LogP contribution in [0.5, 0.6) is 0 Å². The van der Waals surface area contributed by atoms with Crippen LogP contribution in [0.15, 0.2) is 72.8 Å². The van der Waals surface area contributed by atoms with Crippen molar-refractivity contribution < 1.29 is 5.11 Å². The van der Waals surface area contributed by atoms with Crippen molar-refractivity contribution in [2.45, 2.75) is 33.3 Å². The number of hydrogen-bond donors (Lipinski definition) is 1. The molecule has 0 fully saturated rings. The average molecular weight is 367 g/mol. The monoisotopic (exact) mass is 367 g/mol. The van der Waals surface area contributed by atoms with Crippen LogP contribution in [0.2, 0.25) is 0 Å². The third kappa shape index (κ3) is 3.44. The first-order valence-electron chi connectivity index (χ1n) is 9.63. The van der Waals surface area contributed by atoms with Gasteiger partial charge < -0.3 is 5.11 Å². The molecule has 3 aromatic carbocycles. The van der Waals surface area contributed by atoms with Crippen molar-refractivity contribution in [3.05, 3.63) is 89.5 Å². The van der Waals surface area contributed by atoms with Gasteiger partial charge >= 0.3 is 0 Å². The molecule has 0 aliphatic rings. The number of aliphatic hydroxyl groups is 1. The third-order valence-corrected chi connectivity index (χ3v) is 5.13. The molecule has 2 heteroatoms. The Morgan fingerprint density at radius 3 is 2.14 bits per heavy atom. The maximum Gasteiger partial charge on any atom is 0.0846 e. The molecule has 0 amide bonds. The minimum absolute atomic E-state index is 0.911. The Hall–Kier alpha value is -2.97. The summed E-state index contributed by atoms with van der Waals surface area (Å²) in [6, 6.07) is 25.0. The molecule has 1 N–H and O–H groups in total. The summed E-state index contributed by atoms with van der Waals surface area (Å²) in [5.41, 5.74) is 7.70. The van der Waals surface area contributed by atoms with Gasteiger partial charge in [-0.1, -0.05) is 59.7 Å². The lowest BCUT2D eigenvalue weighted by Crippen LogP contribution is -2.16. The molecule has 0 saturated heterocycles. The topological polar surface area (TPSA) is 33.1 Å². The van der Waals surface area contributed by atoms with Gasteiger partial charge in [-0.15, -0.1) is 0 Å². The van der Waals surface area contributed by atoms with Gasteiger partial charge in [0.15, 0.2) is 0 Å². The van der Waals surface area contributed by atoms with Crippen LogP contribution in [-0.4, -0.2) is 10.1 Å². The second-order valence-corrected chi connectivity index (χ2v) is 8.05. The summed E-state index contributed by atoms with van der Waals surface area (Å²) < 4.78 is 0. The SMILES string of the molecule is Cc1cc(C)cc(-c2ccc3c(-c4ccccc4C(C)(C)O)cccc3n2)c1. The quantitative estimate of drug-likeness (QED) is 0.454. The molecule has 4 rings (SSSR count). The zero-order valence-electron chi connectivity index (χ0n) is 16.8. The molecular weight excluding hydrogens is 342 g/mol. The number of aryl methyl sites for hydroxylation is 2. The number of pyridine rings is 1. The van der Waals surface area contributed by atoms with E-state index in [-0.39, 0.29) is 0 Å². The van der Waals surface area contributed by atoms with Gasteiger partial charge in [0.05, 0.1) is 16.8 Å². The molecule has 0 saturated carbocycles. The Balaban J connectivity index is 1.90. The second kappa shape index (κ2) is 6.88. The molecule has 0 aliphatic heterocycles. The fourth-order valence-corrected chi connectivity index (χ4v) is 3.92. The summed E-state index contributed by atoms with van der Waals surface area (Å²) in [5, 5.41) is 11.7. The lowest BCUT2D eigenvalue weighted by molar-refractivity contribution is 0.0792. The Kier molecular flexibility index (Phi) is 4.52. The molecule has 0 atom stereocenters. The van der Waals surface area contributed by atoms with Gasteiger partial charge in [0.25, 0.3) is 0 Å². The number of aromatic nitrogens is 1. The molecule has 1 heterocycles. The van der Waals surface area contributed by atoms with Gasteiger partial charge in [-0.05, 0) is 68.7 Å². The molecule has 0 radical (unpaired) electrons. The highest BCUT2D eigenvalue weighted by molar-refractivity contribution is 5.96. The van der Waals surface area contributed by atoms with E-state index in [1.54, 1.807) is 0 Å². The van der Waals surface area contributed by atoms with Crippen LogP contribution >= 0.6 is 0 Å². The first kappa shape index (κ1) is 18.4. The van der Waals surface area contributed by atoms with Crippen LogP contribution in [0.25, 0.3) is 33.3 Å². The van der Waals surface area contributed by atoms with Crippen molar-refractivity contribution >= 4 is 10.9 Å². The highest BCUT2D eigenvalue weighted by Crippen LogP contribution is 2.36. The molecule has 0 unspecified atom stereocenters. The predicted octanol–water partition coefficient (Wildman–Crippen LogP) is 6.41. The Morgan fingerprint density at radius 1 is 0.750 bits per heavy atom. The predicted molar refractivity (Wildman–Crippen MR) is 117 cm³/mol. The van der Waals surface area contributed by atoms with E-state index >= 15 is 0 Å². The highest BCUT2D eigenvalue weighted by atomic mass is 16.3. The van der Waals surface area contributed by atoms with Gasteiger partial charge in [-0.25, -0.2) is 4.98 Å². The Bertz CT molecular complexity index is 1150. The van der Waals surface area contributed by atoms with Gasteiger partial charge in [-0.2, -0.15) is 0 Å². The largest absolute Gasteiger partial charge is 0.386 e. The molecule has 140 valence electrons. The summed E-state index contributed by atoms with van der Waals surface area (Å²) in [6.07, 6.45) is 0. The van der Waals surface area contributed by atoms with Crippen LogP contribution in [-0.2, 0) is 5.60 Å². The number of fused-ring (bicyclic) bond motifs is 1. The minimum atomic E-state index is -0.911. The van der Waals surface area contributed by atoms with Gasteiger partial charge in [0, 0.05) is 10.9 Å². The fourth-order valence-electron chi connectivity index (χ4n) is 3.92. The van der Waals surface area contributed by atoms with Gasteiger partial charge in [0.1, 0.15) is 0 Å². The molecule has 4 aromatic rings. The van der Waals surface area contributed by atoms with Crippen LogP contribution in [0.4, 0.5) is 0 Å². The minimum Gasteiger partial charge on any atom is -0.386 e. The highest BCUT2D eigenvalue weighted by Gasteiger charge is 2.21. The summed E-state index contributed by atoms with van der Waals surface area (Å²) in [6.45, 7) is 7.88. The Labute approximate surface area is 166 Å². The normalized spacial score (nSPS) is 11.8. The summed E-state index contributed by atoms with van der Waals surface area (Å²) >= 11 is 0. The maximum atomic E-state index is 10.6. The van der Waals surface area contributed by atoms with Gasteiger partial charge in [-0.3, -0.25) is 0 Å². The lowest BCUT2D eigenvalue weighted by atomic mass is 9.88. The first-order chi connectivity index (χ1) is 13.3. The molecule has 0 spiro atoms. The maximum absolute atomic E-state index is 10.6.